The molecule has 0 radical (unpaired) electrons. The molecule has 2 aromatic carbocycles. The van der Waals surface area contributed by atoms with Crippen molar-refractivity contribution < 1.29 is 14.7 Å². The Hall–Kier alpha value is -4.14. The van der Waals surface area contributed by atoms with E-state index in [4.69, 9.17) is 0 Å². The van der Waals surface area contributed by atoms with Crippen LogP contribution in [0.25, 0.3) is 0 Å². The van der Waals surface area contributed by atoms with Gasteiger partial charge in [-0.05, 0) is 53.8 Å². The van der Waals surface area contributed by atoms with Gasteiger partial charge in [0.1, 0.15) is 0 Å². The first kappa shape index (κ1) is 27.9. The van der Waals surface area contributed by atoms with Gasteiger partial charge in [-0.2, -0.15) is 0 Å². The number of carbonyl (C=O) groups is 2. The summed E-state index contributed by atoms with van der Waals surface area (Å²) in [6.07, 6.45) is 0.751. The monoisotopic (exact) mass is 530 g/mol. The number of amides is 2. The smallest absolute Gasteiger partial charge is 0.407 e. The summed E-state index contributed by atoms with van der Waals surface area (Å²) in [4.78, 5) is 36.0. The molecule has 2 amide bonds. The molecule has 2 atom stereocenters. The maximum atomic E-state index is 13.5. The number of carbonyl (C=O) groups excluding carboxylic acids is 1. The number of nitrogens with zero attached hydrogens (tertiary/aromatic N) is 3. The van der Waals surface area contributed by atoms with Crippen LogP contribution in [-0.2, 0) is 5.41 Å². The molecule has 0 aliphatic carbocycles. The maximum absolute atomic E-state index is 13.5. The molecule has 9 nitrogen and oxygen atoms in total. The first-order chi connectivity index (χ1) is 18.3. The Labute approximate surface area is 230 Å². The number of hydrogen-bond donors (Lipinski definition) is 4. The second-order valence-corrected chi connectivity index (χ2v) is 11.8. The van der Waals surface area contributed by atoms with Gasteiger partial charge >= 0.3 is 6.09 Å². The molecule has 39 heavy (non-hydrogen) atoms. The van der Waals surface area contributed by atoms with Crippen molar-refractivity contribution in [1.29, 1.82) is 0 Å². The van der Waals surface area contributed by atoms with Crippen LogP contribution in [0, 0.1) is 5.41 Å². The number of hydrogen-bond acceptors (Lipinski definition) is 6. The Morgan fingerprint density at radius 1 is 1.13 bits per heavy atom. The van der Waals surface area contributed by atoms with E-state index in [0.717, 1.165) is 16.8 Å². The molecule has 4 N–H and O–H groups in total. The molecule has 0 fully saturated rings. The molecule has 206 valence electrons. The fourth-order valence-corrected chi connectivity index (χ4v) is 5.41. The van der Waals surface area contributed by atoms with Crippen LogP contribution in [0.1, 0.15) is 80.8 Å². The standard InChI is InChI=1S/C30H38N6O3/c1-18(23-14-15-32-27(31-7)35-23)33-24-11-9-8-10-20(24)26(37)34-19-12-13-22-21(16-19)25(29(2,3)4)36(28(38)39)17-30(22,5)6/h8-16,18,25,33H,17H2,1-7H3,(H,34,37)(H,38,39)(H,31,32,35). The fraction of sp³-hybridized carbons (Fsp3) is 0.400. The van der Waals surface area contributed by atoms with Gasteiger partial charge in [0.25, 0.3) is 5.91 Å². The van der Waals surface area contributed by atoms with Gasteiger partial charge in [-0.25, -0.2) is 14.8 Å². The van der Waals surface area contributed by atoms with Gasteiger partial charge in [0.05, 0.1) is 23.3 Å². The number of carboxylic acid groups (broad SMARTS) is 1. The van der Waals surface area contributed by atoms with E-state index in [0.29, 0.717) is 29.4 Å². The third-order valence-electron chi connectivity index (χ3n) is 7.16. The molecule has 0 saturated carbocycles. The van der Waals surface area contributed by atoms with Crippen molar-refractivity contribution in [3.63, 3.8) is 0 Å². The van der Waals surface area contributed by atoms with Gasteiger partial charge in [-0.15, -0.1) is 0 Å². The predicted molar refractivity (Wildman–Crippen MR) is 154 cm³/mol. The van der Waals surface area contributed by atoms with Crippen LogP contribution in [0.3, 0.4) is 0 Å². The van der Waals surface area contributed by atoms with Crippen molar-refractivity contribution in [2.45, 2.75) is 59.0 Å². The molecule has 2 heterocycles. The Kier molecular flexibility index (Phi) is 7.54. The summed E-state index contributed by atoms with van der Waals surface area (Å²) < 4.78 is 0. The molecule has 1 aliphatic rings. The summed E-state index contributed by atoms with van der Waals surface area (Å²) >= 11 is 0. The molecular weight excluding hydrogens is 492 g/mol. The summed E-state index contributed by atoms with van der Waals surface area (Å²) in [5, 5.41) is 19.4. The number of fused-ring (bicyclic) bond motifs is 1. The highest BCUT2D eigenvalue weighted by Crippen LogP contribution is 2.48. The molecular formula is C30H38N6O3. The zero-order chi connectivity index (χ0) is 28.5. The van der Waals surface area contributed by atoms with Gasteiger partial charge in [-0.3, -0.25) is 9.69 Å². The summed E-state index contributed by atoms with van der Waals surface area (Å²) in [6.45, 7) is 12.6. The Morgan fingerprint density at radius 3 is 2.51 bits per heavy atom. The fourth-order valence-electron chi connectivity index (χ4n) is 5.41. The number of rotatable bonds is 6. The lowest BCUT2D eigenvalue weighted by atomic mass is 9.69. The zero-order valence-electron chi connectivity index (χ0n) is 23.7. The van der Waals surface area contributed by atoms with E-state index in [1.54, 1.807) is 19.3 Å². The van der Waals surface area contributed by atoms with Crippen molar-refractivity contribution in [2.75, 3.05) is 29.5 Å². The average Bonchev–Trinajstić information content (AvgIpc) is 2.87. The lowest BCUT2D eigenvalue weighted by Crippen LogP contribution is -2.51. The summed E-state index contributed by atoms with van der Waals surface area (Å²) in [5.74, 6) is 0.263. The highest BCUT2D eigenvalue weighted by Gasteiger charge is 2.45. The van der Waals surface area contributed by atoms with E-state index in [1.807, 2.05) is 70.2 Å². The summed E-state index contributed by atoms with van der Waals surface area (Å²) in [5.41, 5.74) is 3.89. The molecule has 0 bridgehead atoms. The average molecular weight is 531 g/mol. The topological polar surface area (TPSA) is 119 Å². The van der Waals surface area contributed by atoms with E-state index in [9.17, 15) is 14.7 Å². The predicted octanol–water partition coefficient (Wildman–Crippen LogP) is 6.30. The van der Waals surface area contributed by atoms with Crippen LogP contribution < -0.4 is 16.0 Å². The van der Waals surface area contributed by atoms with Crippen molar-refractivity contribution in [2.24, 2.45) is 5.41 Å². The van der Waals surface area contributed by atoms with Crippen LogP contribution in [0.15, 0.2) is 54.7 Å². The molecule has 0 spiro atoms. The van der Waals surface area contributed by atoms with Crippen molar-refractivity contribution in [1.82, 2.24) is 14.9 Å². The SMILES string of the molecule is CNc1nccc(C(C)Nc2ccccc2C(=O)Nc2ccc3c(c2)C(C(C)(C)C)N(C(=O)O)CC3(C)C)n1. The molecule has 2 unspecified atom stereocenters. The van der Waals surface area contributed by atoms with Crippen molar-refractivity contribution in [3.8, 4) is 0 Å². The minimum absolute atomic E-state index is 0.172. The second-order valence-electron chi connectivity index (χ2n) is 11.8. The third-order valence-corrected chi connectivity index (χ3v) is 7.16. The molecule has 1 aliphatic heterocycles. The van der Waals surface area contributed by atoms with E-state index in [-0.39, 0.29) is 28.8 Å². The van der Waals surface area contributed by atoms with Gasteiger partial charge in [-0.1, -0.05) is 52.8 Å². The second kappa shape index (κ2) is 10.6. The first-order valence-electron chi connectivity index (χ1n) is 13.1. The van der Waals surface area contributed by atoms with Crippen molar-refractivity contribution in [3.05, 3.63) is 77.1 Å². The number of aromatic nitrogens is 2. The lowest BCUT2D eigenvalue weighted by molar-refractivity contribution is 0.0580. The van der Waals surface area contributed by atoms with Crippen LogP contribution in [-0.4, -0.2) is 45.6 Å². The van der Waals surface area contributed by atoms with Gasteiger partial charge in [0.15, 0.2) is 0 Å². The Balaban J connectivity index is 1.63. The van der Waals surface area contributed by atoms with Crippen LogP contribution >= 0.6 is 0 Å². The number of para-hydroxylation sites is 1. The Morgan fingerprint density at radius 2 is 1.85 bits per heavy atom. The number of benzene rings is 2. The van der Waals surface area contributed by atoms with E-state index < -0.39 is 6.09 Å². The molecule has 1 aromatic heterocycles. The normalized spacial score (nSPS) is 17.1. The van der Waals surface area contributed by atoms with E-state index >= 15 is 0 Å². The van der Waals surface area contributed by atoms with Crippen LogP contribution in [0.2, 0.25) is 0 Å². The highest BCUT2D eigenvalue weighted by molar-refractivity contribution is 6.08. The molecule has 0 saturated heterocycles. The van der Waals surface area contributed by atoms with Gasteiger partial charge in [0.2, 0.25) is 5.95 Å². The number of nitrogens with one attached hydrogen (secondary N) is 3. The lowest BCUT2D eigenvalue weighted by Gasteiger charge is -2.48. The van der Waals surface area contributed by atoms with Gasteiger partial charge in [0, 0.05) is 36.6 Å². The zero-order valence-corrected chi connectivity index (χ0v) is 23.7. The van der Waals surface area contributed by atoms with Crippen LogP contribution in [0.4, 0.5) is 22.1 Å². The van der Waals surface area contributed by atoms with Crippen LogP contribution in [0.5, 0.6) is 0 Å². The summed E-state index contributed by atoms with van der Waals surface area (Å²) in [7, 11) is 1.77. The largest absolute Gasteiger partial charge is 0.465 e. The summed E-state index contributed by atoms with van der Waals surface area (Å²) in [6, 6.07) is 14.5. The first-order valence-corrected chi connectivity index (χ1v) is 13.1. The Bertz CT molecular complexity index is 1380. The number of anilines is 3. The molecule has 4 rings (SSSR count). The third kappa shape index (κ3) is 5.82. The minimum atomic E-state index is -0.942. The maximum Gasteiger partial charge on any atom is 0.407 e. The quantitative estimate of drug-likeness (QED) is 0.295. The van der Waals surface area contributed by atoms with Crippen molar-refractivity contribution >= 4 is 29.3 Å². The minimum Gasteiger partial charge on any atom is -0.465 e. The van der Waals surface area contributed by atoms with E-state index in [1.165, 1.54) is 4.90 Å². The molecule has 3 aromatic rings. The van der Waals surface area contributed by atoms with Gasteiger partial charge < -0.3 is 21.1 Å². The highest BCUT2D eigenvalue weighted by atomic mass is 16.4. The molecule has 9 heteroatoms. The van der Waals surface area contributed by atoms with E-state index in [2.05, 4.69) is 39.8 Å².